The average Bonchev–Trinajstić information content (AvgIpc) is 2.81. The van der Waals surface area contributed by atoms with Crippen LogP contribution in [0.15, 0.2) is 0 Å². The Hall–Kier alpha value is -0.620. The molecule has 2 fully saturated rings. The van der Waals surface area contributed by atoms with Gasteiger partial charge in [-0.3, -0.25) is 4.79 Å². The molecule has 2 rings (SSSR count). The van der Waals surface area contributed by atoms with E-state index in [-0.39, 0.29) is 29.4 Å². The van der Waals surface area contributed by atoms with Gasteiger partial charge in [-0.1, -0.05) is 12.8 Å². The van der Waals surface area contributed by atoms with Gasteiger partial charge < -0.3 is 10.6 Å². The van der Waals surface area contributed by atoms with E-state index in [4.69, 9.17) is 0 Å². The van der Waals surface area contributed by atoms with Crippen molar-refractivity contribution in [2.45, 2.75) is 44.6 Å². The SMILES string of the molecule is O=C(CS(=O)(=O)CC1CCNCC1)NC1CCCC1. The van der Waals surface area contributed by atoms with Crippen LogP contribution in [0.3, 0.4) is 0 Å². The number of hydrogen-bond acceptors (Lipinski definition) is 4. The zero-order chi connectivity index (χ0) is 13.7. The van der Waals surface area contributed by atoms with E-state index >= 15 is 0 Å². The minimum atomic E-state index is -3.26. The lowest BCUT2D eigenvalue weighted by atomic mass is 10.0. The Kier molecular flexibility index (Phi) is 5.21. The quantitative estimate of drug-likeness (QED) is 0.770. The number of piperidine rings is 1. The normalized spacial score (nSPS) is 22.5. The molecule has 0 atom stereocenters. The molecular formula is C13H24N2O3S. The molecule has 0 aromatic rings. The van der Waals surface area contributed by atoms with Crippen molar-refractivity contribution in [2.24, 2.45) is 5.92 Å². The molecule has 5 nitrogen and oxygen atoms in total. The van der Waals surface area contributed by atoms with Gasteiger partial charge in [-0.15, -0.1) is 0 Å². The molecule has 110 valence electrons. The number of nitrogens with one attached hydrogen (secondary N) is 2. The zero-order valence-corrected chi connectivity index (χ0v) is 12.2. The third-order valence-corrected chi connectivity index (χ3v) is 5.70. The van der Waals surface area contributed by atoms with Crippen molar-refractivity contribution in [2.75, 3.05) is 24.6 Å². The van der Waals surface area contributed by atoms with E-state index in [1.807, 2.05) is 0 Å². The summed E-state index contributed by atoms with van der Waals surface area (Å²) >= 11 is 0. The first-order valence-electron chi connectivity index (χ1n) is 7.26. The Morgan fingerprint density at radius 3 is 2.37 bits per heavy atom. The van der Waals surface area contributed by atoms with Crippen LogP contribution in [0.1, 0.15) is 38.5 Å². The minimum absolute atomic E-state index is 0.159. The molecule has 1 heterocycles. The minimum Gasteiger partial charge on any atom is -0.352 e. The maximum atomic E-state index is 12.0. The first-order chi connectivity index (χ1) is 9.05. The van der Waals surface area contributed by atoms with Crippen LogP contribution in [-0.4, -0.2) is 45.0 Å². The number of hydrogen-bond donors (Lipinski definition) is 2. The third-order valence-electron chi connectivity index (χ3n) is 4.02. The number of sulfone groups is 1. The van der Waals surface area contributed by atoms with Gasteiger partial charge in [0.15, 0.2) is 9.84 Å². The maximum absolute atomic E-state index is 12.0. The molecule has 1 aliphatic carbocycles. The van der Waals surface area contributed by atoms with Crippen LogP contribution in [0, 0.1) is 5.92 Å². The molecule has 2 N–H and O–H groups in total. The van der Waals surface area contributed by atoms with Crippen LogP contribution < -0.4 is 10.6 Å². The summed E-state index contributed by atoms with van der Waals surface area (Å²) in [6.45, 7) is 1.77. The topological polar surface area (TPSA) is 75.3 Å². The van der Waals surface area contributed by atoms with Crippen LogP contribution in [0.4, 0.5) is 0 Å². The van der Waals surface area contributed by atoms with Crippen LogP contribution in [0.25, 0.3) is 0 Å². The van der Waals surface area contributed by atoms with Crippen molar-refractivity contribution in [3.05, 3.63) is 0 Å². The van der Waals surface area contributed by atoms with Gasteiger partial charge in [0.1, 0.15) is 5.75 Å². The van der Waals surface area contributed by atoms with Crippen molar-refractivity contribution < 1.29 is 13.2 Å². The largest absolute Gasteiger partial charge is 0.352 e. The molecule has 0 unspecified atom stereocenters. The third kappa shape index (κ3) is 5.10. The second kappa shape index (κ2) is 6.70. The fourth-order valence-electron chi connectivity index (χ4n) is 3.01. The Labute approximate surface area is 115 Å². The van der Waals surface area contributed by atoms with Crippen LogP contribution in [0.2, 0.25) is 0 Å². The molecule has 1 saturated carbocycles. The van der Waals surface area contributed by atoms with Gasteiger partial charge in [0.25, 0.3) is 0 Å². The Morgan fingerprint density at radius 2 is 1.74 bits per heavy atom. The summed E-state index contributed by atoms with van der Waals surface area (Å²) in [6.07, 6.45) is 6.02. The molecule has 6 heteroatoms. The van der Waals surface area contributed by atoms with E-state index in [2.05, 4.69) is 10.6 Å². The summed E-state index contributed by atoms with van der Waals surface area (Å²) < 4.78 is 24.0. The lowest BCUT2D eigenvalue weighted by Crippen LogP contribution is -2.39. The Morgan fingerprint density at radius 1 is 1.11 bits per heavy atom. The lowest BCUT2D eigenvalue weighted by Gasteiger charge is -2.22. The number of carbonyl (C=O) groups excluding carboxylic acids is 1. The molecule has 2 aliphatic rings. The first kappa shape index (κ1) is 14.8. The van der Waals surface area contributed by atoms with Crippen molar-refractivity contribution >= 4 is 15.7 Å². The lowest BCUT2D eigenvalue weighted by molar-refractivity contribution is -0.119. The average molecular weight is 288 g/mol. The Balaban J connectivity index is 1.77. The van der Waals surface area contributed by atoms with Gasteiger partial charge in [-0.25, -0.2) is 8.42 Å². The molecule has 0 spiro atoms. The highest BCUT2D eigenvalue weighted by Gasteiger charge is 2.25. The van der Waals surface area contributed by atoms with Crippen molar-refractivity contribution in [3.8, 4) is 0 Å². The highest BCUT2D eigenvalue weighted by molar-refractivity contribution is 7.92. The van der Waals surface area contributed by atoms with Crippen LogP contribution >= 0.6 is 0 Å². The second-order valence-corrected chi connectivity index (χ2v) is 7.91. The molecular weight excluding hydrogens is 264 g/mol. The monoisotopic (exact) mass is 288 g/mol. The molecule has 0 radical (unpaired) electrons. The number of rotatable bonds is 5. The molecule has 0 aromatic heterocycles. The summed E-state index contributed by atoms with van der Waals surface area (Å²) in [6, 6.07) is 0.196. The van der Waals surface area contributed by atoms with Crippen LogP contribution in [0.5, 0.6) is 0 Å². The summed E-state index contributed by atoms with van der Waals surface area (Å²) in [5, 5.41) is 6.06. The standard InChI is InChI=1S/C13H24N2O3S/c16-13(15-12-3-1-2-4-12)10-19(17,18)9-11-5-7-14-8-6-11/h11-12,14H,1-10H2,(H,15,16). The van der Waals surface area contributed by atoms with E-state index in [1.165, 1.54) is 0 Å². The second-order valence-electron chi connectivity index (χ2n) is 5.80. The van der Waals surface area contributed by atoms with Gasteiger partial charge in [0.05, 0.1) is 5.75 Å². The van der Waals surface area contributed by atoms with E-state index in [1.54, 1.807) is 0 Å². The highest BCUT2D eigenvalue weighted by Crippen LogP contribution is 2.18. The predicted octanol–water partition coefficient (Wildman–Crippen LogP) is 0.460. The smallest absolute Gasteiger partial charge is 0.235 e. The van der Waals surface area contributed by atoms with Gasteiger partial charge in [-0.05, 0) is 44.7 Å². The molecule has 19 heavy (non-hydrogen) atoms. The fraction of sp³-hybridized carbons (Fsp3) is 0.923. The summed E-state index contributed by atoms with van der Waals surface area (Å²) in [4.78, 5) is 11.8. The predicted molar refractivity (Wildman–Crippen MR) is 74.6 cm³/mol. The molecule has 0 aromatic carbocycles. The van der Waals surface area contributed by atoms with E-state index in [0.29, 0.717) is 0 Å². The van der Waals surface area contributed by atoms with E-state index < -0.39 is 9.84 Å². The zero-order valence-electron chi connectivity index (χ0n) is 11.4. The summed E-state index contributed by atoms with van der Waals surface area (Å²) in [5.74, 6) is -0.286. The van der Waals surface area contributed by atoms with Crippen molar-refractivity contribution in [1.29, 1.82) is 0 Å². The van der Waals surface area contributed by atoms with Crippen molar-refractivity contribution in [3.63, 3.8) is 0 Å². The number of carbonyl (C=O) groups is 1. The fourth-order valence-corrected chi connectivity index (χ4v) is 4.66. The van der Waals surface area contributed by atoms with Gasteiger partial charge in [0.2, 0.25) is 5.91 Å². The molecule has 1 aliphatic heterocycles. The van der Waals surface area contributed by atoms with Gasteiger partial charge >= 0.3 is 0 Å². The van der Waals surface area contributed by atoms with Gasteiger partial charge in [-0.2, -0.15) is 0 Å². The summed E-state index contributed by atoms with van der Waals surface area (Å²) in [5.41, 5.74) is 0. The molecule has 1 saturated heterocycles. The van der Waals surface area contributed by atoms with Crippen LogP contribution in [-0.2, 0) is 14.6 Å². The highest BCUT2D eigenvalue weighted by atomic mass is 32.2. The van der Waals surface area contributed by atoms with E-state index in [0.717, 1.165) is 51.6 Å². The maximum Gasteiger partial charge on any atom is 0.235 e. The molecule has 1 amide bonds. The van der Waals surface area contributed by atoms with Gasteiger partial charge in [0, 0.05) is 6.04 Å². The first-order valence-corrected chi connectivity index (χ1v) is 9.08. The Bertz CT molecular complexity index is 396. The number of amides is 1. The van der Waals surface area contributed by atoms with Crippen molar-refractivity contribution in [1.82, 2.24) is 10.6 Å². The summed E-state index contributed by atoms with van der Waals surface area (Å²) in [7, 11) is -3.26. The molecule has 0 bridgehead atoms. The van der Waals surface area contributed by atoms with E-state index in [9.17, 15) is 13.2 Å².